The number of carbonyl (C=O) groups excluding carboxylic acids is 1. The van der Waals surface area contributed by atoms with Crippen LogP contribution in [0.25, 0.3) is 5.69 Å². The van der Waals surface area contributed by atoms with Crippen LogP contribution in [0.15, 0.2) is 65.2 Å². The van der Waals surface area contributed by atoms with Crippen molar-refractivity contribution in [1.29, 1.82) is 5.26 Å². The maximum Gasteiger partial charge on any atom is 0.252 e. The van der Waals surface area contributed by atoms with E-state index in [4.69, 9.17) is 17.3 Å². The van der Waals surface area contributed by atoms with Crippen LogP contribution < -0.4 is 11.1 Å². The Labute approximate surface area is 205 Å². The minimum absolute atomic E-state index is 0.280. The predicted molar refractivity (Wildman–Crippen MR) is 130 cm³/mol. The maximum absolute atomic E-state index is 12.5. The zero-order valence-electron chi connectivity index (χ0n) is 18.3. The number of anilines is 1. The first-order valence-corrected chi connectivity index (χ1v) is 11.6. The number of aryl methyl sites for hydroxylation is 2. The Morgan fingerprint density at radius 2 is 2.09 bits per heavy atom. The van der Waals surface area contributed by atoms with Crippen LogP contribution in [0.3, 0.4) is 0 Å². The Hall–Kier alpha value is -3.81. The number of hydrogen-bond donors (Lipinski definition) is 2. The average molecular weight is 493 g/mol. The summed E-state index contributed by atoms with van der Waals surface area (Å²) in [6.45, 7) is 0.392. The van der Waals surface area contributed by atoms with Crippen LogP contribution in [-0.2, 0) is 13.5 Å². The minimum Gasteiger partial charge on any atom is -0.382 e. The van der Waals surface area contributed by atoms with Crippen LogP contribution >= 0.6 is 23.4 Å². The van der Waals surface area contributed by atoms with E-state index in [2.05, 4.69) is 26.5 Å². The predicted octanol–water partition coefficient (Wildman–Crippen LogP) is 3.62. The third kappa shape index (κ3) is 5.06. The molecule has 0 radical (unpaired) electrons. The Balaban J connectivity index is 1.34. The summed E-state index contributed by atoms with van der Waals surface area (Å²) in [5.41, 5.74) is 8.23. The molecule has 9 nitrogen and oxygen atoms in total. The first kappa shape index (κ1) is 23.4. The number of carbonyl (C=O) groups is 1. The summed E-state index contributed by atoms with van der Waals surface area (Å²) in [5.74, 6) is 0.0229. The van der Waals surface area contributed by atoms with Gasteiger partial charge in [0.15, 0.2) is 5.16 Å². The molecule has 0 aliphatic heterocycles. The number of aromatic nitrogens is 5. The van der Waals surface area contributed by atoms with Gasteiger partial charge in [0.05, 0.1) is 22.0 Å². The normalized spacial score (nSPS) is 10.7. The smallest absolute Gasteiger partial charge is 0.252 e. The molecule has 0 aliphatic carbocycles. The number of nitrogens with two attached hydrogens (primary N) is 1. The standard InChI is InChI=1S/C23H21ClN8OS/c1-31-11-10-28-23(31)34-22-18(24)12-15(14-29-22)21(33)27-9-5-8-19-17(13-25)20(26)32(30-19)16-6-3-2-4-7-16/h2-4,6-7,10-12,14H,5,8-9,26H2,1H3,(H,27,33). The Morgan fingerprint density at radius 1 is 1.29 bits per heavy atom. The molecular weight excluding hydrogens is 472 g/mol. The summed E-state index contributed by atoms with van der Waals surface area (Å²) in [4.78, 5) is 21.1. The van der Waals surface area contributed by atoms with Gasteiger partial charge < -0.3 is 15.6 Å². The molecule has 3 heterocycles. The quantitative estimate of drug-likeness (QED) is 0.359. The monoisotopic (exact) mass is 492 g/mol. The second kappa shape index (κ2) is 10.4. The van der Waals surface area contributed by atoms with E-state index in [1.807, 2.05) is 48.1 Å². The first-order valence-electron chi connectivity index (χ1n) is 10.4. The van der Waals surface area contributed by atoms with E-state index in [0.717, 1.165) is 10.8 Å². The molecule has 1 aromatic carbocycles. The van der Waals surface area contributed by atoms with Gasteiger partial charge in [-0.2, -0.15) is 10.4 Å². The van der Waals surface area contributed by atoms with Gasteiger partial charge in [0.1, 0.15) is 22.5 Å². The van der Waals surface area contributed by atoms with E-state index in [9.17, 15) is 10.1 Å². The van der Waals surface area contributed by atoms with Crippen LogP contribution in [0.5, 0.6) is 0 Å². The van der Waals surface area contributed by atoms with Crippen LogP contribution in [0.4, 0.5) is 5.82 Å². The number of nitriles is 1. The molecule has 34 heavy (non-hydrogen) atoms. The number of nitrogen functional groups attached to an aromatic ring is 1. The summed E-state index contributed by atoms with van der Waals surface area (Å²) in [6.07, 6.45) is 6.09. The minimum atomic E-state index is -0.280. The lowest BCUT2D eigenvalue weighted by Gasteiger charge is -2.07. The fraction of sp³-hybridized carbons (Fsp3) is 0.174. The maximum atomic E-state index is 12.5. The molecule has 172 valence electrons. The number of pyridine rings is 1. The second-order valence-electron chi connectivity index (χ2n) is 7.36. The van der Waals surface area contributed by atoms with E-state index in [-0.39, 0.29) is 5.91 Å². The molecule has 11 heteroatoms. The second-order valence-corrected chi connectivity index (χ2v) is 8.72. The van der Waals surface area contributed by atoms with E-state index < -0.39 is 0 Å². The van der Waals surface area contributed by atoms with Crippen molar-refractivity contribution in [3.8, 4) is 11.8 Å². The molecule has 3 aromatic heterocycles. The number of nitrogens with one attached hydrogen (secondary N) is 1. The largest absolute Gasteiger partial charge is 0.382 e. The molecule has 1 amide bonds. The van der Waals surface area contributed by atoms with E-state index >= 15 is 0 Å². The zero-order valence-corrected chi connectivity index (χ0v) is 19.8. The highest BCUT2D eigenvalue weighted by Crippen LogP contribution is 2.30. The molecule has 4 aromatic rings. The number of para-hydroxylation sites is 1. The van der Waals surface area contributed by atoms with Gasteiger partial charge >= 0.3 is 0 Å². The SMILES string of the molecule is Cn1ccnc1Sc1ncc(C(=O)NCCCc2nn(-c3ccccc3)c(N)c2C#N)cc1Cl. The summed E-state index contributed by atoms with van der Waals surface area (Å²) in [5, 5.41) is 18.6. The Morgan fingerprint density at radius 3 is 2.76 bits per heavy atom. The van der Waals surface area contributed by atoms with Crippen molar-refractivity contribution in [2.75, 3.05) is 12.3 Å². The third-order valence-corrected chi connectivity index (χ3v) is 6.51. The third-order valence-electron chi connectivity index (χ3n) is 5.02. The molecule has 0 bridgehead atoms. The van der Waals surface area contributed by atoms with Gasteiger partial charge in [-0.25, -0.2) is 14.6 Å². The van der Waals surface area contributed by atoms with Gasteiger partial charge in [0.2, 0.25) is 0 Å². The fourth-order valence-corrected chi connectivity index (χ4v) is 4.30. The van der Waals surface area contributed by atoms with Crippen molar-refractivity contribution >= 4 is 35.1 Å². The van der Waals surface area contributed by atoms with Crippen molar-refractivity contribution in [3.05, 3.63) is 76.8 Å². The molecule has 0 unspecified atom stereocenters. The van der Waals surface area contributed by atoms with Gasteiger partial charge in [-0.1, -0.05) is 29.8 Å². The summed E-state index contributed by atoms with van der Waals surface area (Å²) in [6, 6.07) is 13.1. The van der Waals surface area contributed by atoms with Crippen LogP contribution in [-0.4, -0.2) is 36.8 Å². The molecule has 3 N–H and O–H groups in total. The summed E-state index contributed by atoms with van der Waals surface area (Å²) in [7, 11) is 1.88. The molecule has 0 aliphatic rings. The van der Waals surface area contributed by atoms with Gasteiger partial charge in [-0.15, -0.1) is 0 Å². The molecular formula is C23H21ClN8OS. The highest BCUT2D eigenvalue weighted by atomic mass is 35.5. The van der Waals surface area contributed by atoms with Gasteiger partial charge in [0, 0.05) is 32.2 Å². The van der Waals surface area contributed by atoms with Crippen molar-refractivity contribution in [3.63, 3.8) is 0 Å². The number of benzene rings is 1. The van der Waals surface area contributed by atoms with Gasteiger partial charge in [0.25, 0.3) is 5.91 Å². The van der Waals surface area contributed by atoms with Crippen LogP contribution in [0, 0.1) is 11.3 Å². The summed E-state index contributed by atoms with van der Waals surface area (Å²) < 4.78 is 3.42. The van der Waals surface area contributed by atoms with Crippen molar-refractivity contribution in [1.82, 2.24) is 29.6 Å². The van der Waals surface area contributed by atoms with E-state index in [1.54, 1.807) is 16.9 Å². The average Bonchev–Trinajstić information content (AvgIpc) is 3.40. The summed E-state index contributed by atoms with van der Waals surface area (Å²) >= 11 is 7.66. The fourth-order valence-electron chi connectivity index (χ4n) is 3.26. The lowest BCUT2D eigenvalue weighted by Crippen LogP contribution is -2.25. The van der Waals surface area contributed by atoms with Crippen LogP contribution in [0.2, 0.25) is 5.02 Å². The highest BCUT2D eigenvalue weighted by molar-refractivity contribution is 7.99. The molecule has 0 spiro atoms. The lowest BCUT2D eigenvalue weighted by molar-refractivity contribution is 0.0952. The number of amides is 1. The zero-order chi connectivity index (χ0) is 24.1. The van der Waals surface area contributed by atoms with Crippen molar-refractivity contribution in [2.45, 2.75) is 23.0 Å². The first-order chi connectivity index (χ1) is 16.5. The number of imidazole rings is 1. The molecule has 4 rings (SSSR count). The van der Waals surface area contributed by atoms with E-state index in [0.29, 0.717) is 52.1 Å². The Kier molecular flexibility index (Phi) is 7.15. The lowest BCUT2D eigenvalue weighted by atomic mass is 10.1. The van der Waals surface area contributed by atoms with Gasteiger partial charge in [-0.05, 0) is 42.8 Å². The highest BCUT2D eigenvalue weighted by Gasteiger charge is 2.17. The number of rotatable bonds is 8. The van der Waals surface area contributed by atoms with Crippen molar-refractivity contribution < 1.29 is 4.79 Å². The van der Waals surface area contributed by atoms with Gasteiger partial charge in [-0.3, -0.25) is 4.79 Å². The topological polar surface area (TPSA) is 127 Å². The molecule has 0 fully saturated rings. The number of nitrogens with zero attached hydrogens (tertiary/aromatic N) is 6. The van der Waals surface area contributed by atoms with E-state index in [1.165, 1.54) is 18.0 Å². The Bertz CT molecular complexity index is 1360. The molecule has 0 atom stereocenters. The van der Waals surface area contributed by atoms with Crippen molar-refractivity contribution in [2.24, 2.45) is 7.05 Å². The number of hydrogen-bond acceptors (Lipinski definition) is 7. The number of halogens is 1. The molecule has 0 saturated heterocycles. The molecule has 0 saturated carbocycles. The van der Waals surface area contributed by atoms with Crippen LogP contribution in [0.1, 0.15) is 28.0 Å².